The molecular weight excluding hydrogens is 358 g/mol. The minimum atomic E-state index is -0.864. The van der Waals surface area contributed by atoms with Crippen LogP contribution in [0.2, 0.25) is 0 Å². The van der Waals surface area contributed by atoms with E-state index in [9.17, 15) is 14.4 Å². The summed E-state index contributed by atoms with van der Waals surface area (Å²) in [5.41, 5.74) is 6.25. The van der Waals surface area contributed by atoms with Gasteiger partial charge in [-0.1, -0.05) is 44.2 Å². The fourth-order valence-corrected chi connectivity index (χ4v) is 2.64. The smallest absolute Gasteiger partial charge is 0.244 e. The number of carbonyl (C=O) groups excluding carboxylic acids is 3. The first-order valence-electron chi connectivity index (χ1n) is 9.02. The van der Waals surface area contributed by atoms with Gasteiger partial charge in [-0.3, -0.25) is 14.4 Å². The molecule has 0 saturated carbocycles. The molecule has 0 spiro atoms. The number of carbonyl (C=O) groups is 3. The molecule has 0 saturated heterocycles. The zero-order chi connectivity index (χ0) is 20.5. The first-order valence-corrected chi connectivity index (χ1v) is 9.02. The van der Waals surface area contributed by atoms with Crippen LogP contribution < -0.4 is 16.4 Å². The zero-order valence-electron chi connectivity index (χ0n) is 15.9. The summed E-state index contributed by atoms with van der Waals surface area (Å²) in [6.07, 6.45) is 4.57. The van der Waals surface area contributed by atoms with Gasteiger partial charge in [0.15, 0.2) is 0 Å². The Morgan fingerprint density at radius 3 is 2.36 bits per heavy atom. The van der Waals surface area contributed by atoms with E-state index in [1.807, 2.05) is 30.3 Å². The molecule has 7 nitrogen and oxygen atoms in total. The Balaban J connectivity index is 2.12. The van der Waals surface area contributed by atoms with E-state index in [-0.39, 0.29) is 12.3 Å². The molecule has 148 valence electrons. The molecular formula is C21H25N3O4. The van der Waals surface area contributed by atoms with Gasteiger partial charge in [-0.25, -0.2) is 0 Å². The van der Waals surface area contributed by atoms with Crippen molar-refractivity contribution < 1.29 is 18.8 Å². The Morgan fingerprint density at radius 1 is 1.07 bits per heavy atom. The molecule has 4 N–H and O–H groups in total. The molecule has 1 aromatic heterocycles. The second-order valence-corrected chi connectivity index (χ2v) is 6.73. The van der Waals surface area contributed by atoms with E-state index >= 15 is 0 Å². The van der Waals surface area contributed by atoms with Crippen molar-refractivity contribution >= 4 is 23.8 Å². The third kappa shape index (κ3) is 6.42. The lowest BCUT2D eigenvalue weighted by Gasteiger charge is -2.23. The second-order valence-electron chi connectivity index (χ2n) is 6.73. The number of benzene rings is 1. The Bertz CT molecular complexity index is 813. The summed E-state index contributed by atoms with van der Waals surface area (Å²) in [6, 6.07) is 11.0. The van der Waals surface area contributed by atoms with E-state index in [4.69, 9.17) is 10.2 Å². The molecule has 2 rings (SSSR count). The van der Waals surface area contributed by atoms with Crippen molar-refractivity contribution in [3.8, 4) is 0 Å². The van der Waals surface area contributed by atoms with Crippen molar-refractivity contribution in [1.82, 2.24) is 10.6 Å². The molecule has 3 amide bonds. The highest BCUT2D eigenvalue weighted by Crippen LogP contribution is 2.07. The van der Waals surface area contributed by atoms with Crippen molar-refractivity contribution in [3.05, 3.63) is 66.1 Å². The maximum Gasteiger partial charge on any atom is 0.244 e. The number of hydrogen-bond acceptors (Lipinski definition) is 4. The molecule has 1 heterocycles. The second kappa shape index (κ2) is 10.1. The fraction of sp³-hybridized carbons (Fsp3) is 0.286. The first kappa shape index (κ1) is 21.0. The number of primary amides is 1. The molecule has 0 aliphatic carbocycles. The fourth-order valence-electron chi connectivity index (χ4n) is 2.64. The van der Waals surface area contributed by atoms with Crippen molar-refractivity contribution in [3.63, 3.8) is 0 Å². The van der Waals surface area contributed by atoms with E-state index in [0.29, 0.717) is 5.76 Å². The predicted octanol–water partition coefficient (Wildman–Crippen LogP) is 1.65. The maximum atomic E-state index is 12.8. The monoisotopic (exact) mass is 383 g/mol. The molecule has 7 heteroatoms. The molecule has 28 heavy (non-hydrogen) atoms. The van der Waals surface area contributed by atoms with Crippen LogP contribution >= 0.6 is 0 Å². The van der Waals surface area contributed by atoms with Crippen molar-refractivity contribution in [2.45, 2.75) is 32.4 Å². The third-order valence-electron chi connectivity index (χ3n) is 4.13. The van der Waals surface area contributed by atoms with Crippen LogP contribution in [0.5, 0.6) is 0 Å². The Morgan fingerprint density at radius 2 is 1.79 bits per heavy atom. The Hall–Kier alpha value is -3.35. The number of nitrogens with one attached hydrogen (secondary N) is 2. The standard InChI is InChI=1S/C21H25N3O4/c1-14(2)19(20(22)26)24-21(27)17(13-15-7-4-3-5-8-15)23-18(25)11-10-16-9-6-12-28-16/h3-12,14,17,19H,13H2,1-2H3,(H2,22,26)(H,23,25)(H,24,27)/b11-10+/t17-,19+/m1/s1. The van der Waals surface area contributed by atoms with Gasteiger partial charge in [0.05, 0.1) is 6.26 Å². The molecule has 2 aromatic rings. The zero-order valence-corrected chi connectivity index (χ0v) is 15.9. The van der Waals surface area contributed by atoms with Crippen LogP contribution in [0.4, 0.5) is 0 Å². The largest absolute Gasteiger partial charge is 0.465 e. The summed E-state index contributed by atoms with van der Waals surface area (Å²) < 4.78 is 5.14. The number of rotatable bonds is 9. The lowest BCUT2D eigenvalue weighted by molar-refractivity contribution is -0.131. The van der Waals surface area contributed by atoms with E-state index < -0.39 is 29.8 Å². The Kier molecular flexibility index (Phi) is 7.56. The number of hydrogen-bond donors (Lipinski definition) is 3. The molecule has 2 atom stereocenters. The molecule has 0 unspecified atom stereocenters. The average molecular weight is 383 g/mol. The van der Waals surface area contributed by atoms with Crippen LogP contribution in [0.15, 0.2) is 59.2 Å². The van der Waals surface area contributed by atoms with Crippen LogP contribution in [0.1, 0.15) is 25.2 Å². The van der Waals surface area contributed by atoms with E-state index in [0.717, 1.165) is 5.56 Å². The molecule has 0 bridgehead atoms. The topological polar surface area (TPSA) is 114 Å². The number of amides is 3. The minimum absolute atomic E-state index is 0.173. The van der Waals surface area contributed by atoms with Gasteiger partial charge < -0.3 is 20.8 Å². The van der Waals surface area contributed by atoms with Gasteiger partial charge in [-0.2, -0.15) is 0 Å². The highest BCUT2D eigenvalue weighted by Gasteiger charge is 2.27. The number of furan rings is 1. The van der Waals surface area contributed by atoms with Gasteiger partial charge in [0.25, 0.3) is 0 Å². The Labute approximate surface area is 164 Å². The van der Waals surface area contributed by atoms with Crippen molar-refractivity contribution in [2.24, 2.45) is 11.7 Å². The van der Waals surface area contributed by atoms with Crippen molar-refractivity contribution in [2.75, 3.05) is 0 Å². The van der Waals surface area contributed by atoms with Crippen LogP contribution in [-0.2, 0) is 20.8 Å². The maximum absolute atomic E-state index is 12.8. The first-order chi connectivity index (χ1) is 13.4. The van der Waals surface area contributed by atoms with Crippen LogP contribution in [0.3, 0.4) is 0 Å². The average Bonchev–Trinajstić information content (AvgIpc) is 3.17. The van der Waals surface area contributed by atoms with Gasteiger partial charge >= 0.3 is 0 Å². The van der Waals surface area contributed by atoms with Crippen LogP contribution in [0, 0.1) is 5.92 Å². The minimum Gasteiger partial charge on any atom is -0.465 e. The van der Waals surface area contributed by atoms with Crippen LogP contribution in [-0.4, -0.2) is 29.8 Å². The highest BCUT2D eigenvalue weighted by atomic mass is 16.3. The lowest BCUT2D eigenvalue weighted by Crippen LogP contribution is -2.55. The third-order valence-corrected chi connectivity index (χ3v) is 4.13. The van der Waals surface area contributed by atoms with Gasteiger partial charge in [0, 0.05) is 12.5 Å². The summed E-state index contributed by atoms with van der Waals surface area (Å²) in [6.45, 7) is 3.57. The predicted molar refractivity (Wildman–Crippen MR) is 106 cm³/mol. The molecule has 1 aromatic carbocycles. The van der Waals surface area contributed by atoms with E-state index in [1.165, 1.54) is 18.4 Å². The highest BCUT2D eigenvalue weighted by molar-refractivity contribution is 5.96. The summed E-state index contributed by atoms with van der Waals surface area (Å²) in [5.74, 6) is -1.19. The molecule has 0 aliphatic heterocycles. The van der Waals surface area contributed by atoms with Crippen molar-refractivity contribution in [1.29, 1.82) is 0 Å². The summed E-state index contributed by atoms with van der Waals surface area (Å²) in [4.78, 5) is 36.7. The van der Waals surface area contributed by atoms with E-state index in [2.05, 4.69) is 10.6 Å². The van der Waals surface area contributed by atoms with Crippen LogP contribution in [0.25, 0.3) is 6.08 Å². The van der Waals surface area contributed by atoms with E-state index in [1.54, 1.807) is 26.0 Å². The van der Waals surface area contributed by atoms with Gasteiger partial charge in [0.2, 0.25) is 17.7 Å². The lowest BCUT2D eigenvalue weighted by atomic mass is 10.0. The quantitative estimate of drug-likeness (QED) is 0.571. The summed E-state index contributed by atoms with van der Waals surface area (Å²) in [7, 11) is 0. The van der Waals surface area contributed by atoms with Gasteiger partial charge in [-0.05, 0) is 29.7 Å². The van der Waals surface area contributed by atoms with Gasteiger partial charge in [-0.15, -0.1) is 0 Å². The molecule has 0 radical (unpaired) electrons. The number of nitrogens with two attached hydrogens (primary N) is 1. The molecule has 0 fully saturated rings. The van der Waals surface area contributed by atoms with Gasteiger partial charge in [0.1, 0.15) is 17.8 Å². The molecule has 0 aliphatic rings. The summed E-state index contributed by atoms with van der Waals surface area (Å²) >= 11 is 0. The SMILES string of the molecule is CC(C)[C@H](NC(=O)[C@@H](Cc1ccccc1)NC(=O)/C=C/c1ccco1)C(N)=O. The summed E-state index contributed by atoms with van der Waals surface area (Å²) in [5, 5.41) is 5.32. The normalized spacial score (nSPS) is 13.2.